The third-order valence-corrected chi connectivity index (χ3v) is 1.63. The second kappa shape index (κ2) is 4.30. The van der Waals surface area contributed by atoms with Crippen molar-refractivity contribution in [2.24, 2.45) is 5.41 Å². The van der Waals surface area contributed by atoms with Crippen molar-refractivity contribution in [2.75, 3.05) is 0 Å². The van der Waals surface area contributed by atoms with E-state index in [0.717, 1.165) is 17.2 Å². The van der Waals surface area contributed by atoms with Crippen molar-refractivity contribution in [2.45, 2.75) is 27.2 Å². The molecule has 88 valence electrons. The van der Waals surface area contributed by atoms with Crippen LogP contribution in [0.15, 0.2) is 12.4 Å². The summed E-state index contributed by atoms with van der Waals surface area (Å²) in [6.45, 7) is 5.67. The standard InChI is InChI=1S/C9H13N3O4/c1-9(2,3)4-8(13)16-11-6-7(5-10-11)12(14)15/h5-6H,4H2,1-3H3. The van der Waals surface area contributed by atoms with Crippen LogP contribution in [0, 0.1) is 15.5 Å². The third kappa shape index (κ3) is 3.68. The zero-order chi connectivity index (χ0) is 12.3. The van der Waals surface area contributed by atoms with Gasteiger partial charge in [0.15, 0.2) is 0 Å². The SMILES string of the molecule is CC(C)(C)CC(=O)On1cc([N+](=O)[O-])cn1. The van der Waals surface area contributed by atoms with Crippen LogP contribution < -0.4 is 4.84 Å². The van der Waals surface area contributed by atoms with E-state index in [9.17, 15) is 14.9 Å². The number of nitrogens with zero attached hydrogens (tertiary/aromatic N) is 3. The van der Waals surface area contributed by atoms with Crippen molar-refractivity contribution < 1.29 is 14.6 Å². The van der Waals surface area contributed by atoms with Crippen molar-refractivity contribution in [3.05, 3.63) is 22.5 Å². The molecular formula is C9H13N3O4. The minimum absolute atomic E-state index is 0.198. The zero-order valence-corrected chi connectivity index (χ0v) is 9.34. The molecule has 0 saturated heterocycles. The highest BCUT2D eigenvalue weighted by molar-refractivity contribution is 5.70. The Labute approximate surface area is 92.1 Å². The molecule has 0 fully saturated rings. The molecule has 0 saturated carbocycles. The first-order valence-corrected chi connectivity index (χ1v) is 4.68. The lowest BCUT2D eigenvalue weighted by atomic mass is 9.93. The summed E-state index contributed by atoms with van der Waals surface area (Å²) in [5, 5.41) is 13.9. The van der Waals surface area contributed by atoms with E-state index in [4.69, 9.17) is 4.84 Å². The van der Waals surface area contributed by atoms with Crippen LogP contribution in [-0.2, 0) is 4.79 Å². The Morgan fingerprint density at radius 1 is 1.62 bits per heavy atom. The summed E-state index contributed by atoms with van der Waals surface area (Å²) in [7, 11) is 0. The molecule has 0 N–H and O–H groups in total. The van der Waals surface area contributed by atoms with Crippen LogP contribution in [0.3, 0.4) is 0 Å². The molecule has 0 aliphatic heterocycles. The molecular weight excluding hydrogens is 214 g/mol. The summed E-state index contributed by atoms with van der Waals surface area (Å²) in [4.78, 5) is 26.7. The van der Waals surface area contributed by atoms with Gasteiger partial charge in [0.2, 0.25) is 0 Å². The van der Waals surface area contributed by atoms with Crippen LogP contribution in [0.2, 0.25) is 0 Å². The van der Waals surface area contributed by atoms with Crippen molar-refractivity contribution in [3.63, 3.8) is 0 Å². The summed E-state index contributed by atoms with van der Waals surface area (Å²) in [6.07, 6.45) is 2.27. The summed E-state index contributed by atoms with van der Waals surface area (Å²) in [5.41, 5.74) is -0.417. The van der Waals surface area contributed by atoms with Crippen LogP contribution in [0.4, 0.5) is 5.69 Å². The normalized spacial score (nSPS) is 11.2. The van der Waals surface area contributed by atoms with Gasteiger partial charge in [0, 0.05) is 0 Å². The maximum absolute atomic E-state index is 11.4. The topological polar surface area (TPSA) is 87.3 Å². The first kappa shape index (κ1) is 12.2. The average Bonchev–Trinajstić information content (AvgIpc) is 2.48. The van der Waals surface area contributed by atoms with Crippen molar-refractivity contribution >= 4 is 11.7 Å². The van der Waals surface area contributed by atoms with Crippen molar-refractivity contribution in [1.82, 2.24) is 9.94 Å². The lowest BCUT2D eigenvalue weighted by molar-refractivity contribution is -0.385. The van der Waals surface area contributed by atoms with E-state index in [1.165, 1.54) is 0 Å². The minimum Gasteiger partial charge on any atom is -0.319 e. The van der Waals surface area contributed by atoms with Gasteiger partial charge in [-0.1, -0.05) is 25.6 Å². The summed E-state index contributed by atoms with van der Waals surface area (Å²) in [6, 6.07) is 0. The number of aromatic nitrogens is 2. The number of hydrogen-bond donors (Lipinski definition) is 0. The molecule has 0 aliphatic rings. The molecule has 0 unspecified atom stereocenters. The first-order valence-electron chi connectivity index (χ1n) is 4.68. The quantitative estimate of drug-likeness (QED) is 0.571. The molecule has 0 atom stereocenters. The highest BCUT2D eigenvalue weighted by Gasteiger charge is 2.19. The maximum Gasteiger partial charge on any atom is 0.335 e. The Hall–Kier alpha value is -1.92. The number of nitro groups is 1. The maximum atomic E-state index is 11.4. The monoisotopic (exact) mass is 227 g/mol. The van der Waals surface area contributed by atoms with E-state index in [0.29, 0.717) is 0 Å². The highest BCUT2D eigenvalue weighted by Crippen LogP contribution is 2.18. The highest BCUT2D eigenvalue weighted by atomic mass is 16.7. The fourth-order valence-electron chi connectivity index (χ4n) is 1.01. The summed E-state index contributed by atoms with van der Waals surface area (Å²) >= 11 is 0. The van der Waals surface area contributed by atoms with E-state index in [2.05, 4.69) is 5.10 Å². The van der Waals surface area contributed by atoms with E-state index < -0.39 is 10.9 Å². The Bertz CT molecular complexity index is 405. The van der Waals surface area contributed by atoms with Crippen molar-refractivity contribution in [3.8, 4) is 0 Å². The van der Waals surface area contributed by atoms with Crippen LogP contribution in [0.25, 0.3) is 0 Å². The van der Waals surface area contributed by atoms with Gasteiger partial charge in [-0.2, -0.15) is 0 Å². The molecule has 1 aromatic rings. The van der Waals surface area contributed by atoms with Gasteiger partial charge >= 0.3 is 11.7 Å². The van der Waals surface area contributed by atoms with E-state index in [-0.39, 0.29) is 17.5 Å². The van der Waals surface area contributed by atoms with Gasteiger partial charge < -0.3 is 4.84 Å². The lowest BCUT2D eigenvalue weighted by Gasteiger charge is -2.15. The molecule has 7 heteroatoms. The largest absolute Gasteiger partial charge is 0.335 e. The molecule has 7 nitrogen and oxygen atoms in total. The fraction of sp³-hybridized carbons (Fsp3) is 0.556. The van der Waals surface area contributed by atoms with Gasteiger partial charge in [-0.25, -0.2) is 4.79 Å². The zero-order valence-electron chi connectivity index (χ0n) is 9.34. The van der Waals surface area contributed by atoms with Crippen LogP contribution in [0.5, 0.6) is 0 Å². The van der Waals surface area contributed by atoms with Crippen LogP contribution >= 0.6 is 0 Å². The van der Waals surface area contributed by atoms with Gasteiger partial charge in [0.1, 0.15) is 12.4 Å². The Morgan fingerprint density at radius 3 is 2.69 bits per heavy atom. The van der Waals surface area contributed by atoms with E-state index in [1.807, 2.05) is 20.8 Å². The number of carbonyl (C=O) groups is 1. The molecule has 0 aromatic carbocycles. The number of hydrogen-bond acceptors (Lipinski definition) is 5. The summed E-state index contributed by atoms with van der Waals surface area (Å²) in [5.74, 6) is -0.481. The third-order valence-electron chi connectivity index (χ3n) is 1.63. The molecule has 1 rings (SSSR count). The molecule has 0 amide bonds. The predicted molar refractivity (Wildman–Crippen MR) is 54.5 cm³/mol. The fourth-order valence-corrected chi connectivity index (χ4v) is 1.01. The molecule has 1 aromatic heterocycles. The molecule has 0 aliphatic carbocycles. The molecule has 16 heavy (non-hydrogen) atoms. The second-order valence-corrected chi connectivity index (χ2v) is 4.56. The summed E-state index contributed by atoms with van der Waals surface area (Å²) < 4.78 is 0. The molecule has 1 heterocycles. The smallest absolute Gasteiger partial charge is 0.319 e. The van der Waals surface area contributed by atoms with Gasteiger partial charge in [-0.15, -0.1) is 5.10 Å². The Kier molecular flexibility index (Phi) is 3.26. The van der Waals surface area contributed by atoms with Gasteiger partial charge in [0.05, 0.1) is 11.3 Å². The van der Waals surface area contributed by atoms with E-state index in [1.54, 1.807) is 0 Å². The lowest BCUT2D eigenvalue weighted by Crippen LogP contribution is -2.24. The number of carbonyl (C=O) groups excluding carboxylic acids is 1. The van der Waals surface area contributed by atoms with Gasteiger partial charge in [-0.3, -0.25) is 10.1 Å². The Balaban J connectivity index is 2.60. The van der Waals surface area contributed by atoms with Crippen molar-refractivity contribution in [1.29, 1.82) is 0 Å². The predicted octanol–water partition coefficient (Wildman–Crippen LogP) is 1.18. The van der Waals surface area contributed by atoms with Crippen LogP contribution in [0.1, 0.15) is 27.2 Å². The van der Waals surface area contributed by atoms with Crippen LogP contribution in [-0.4, -0.2) is 20.8 Å². The van der Waals surface area contributed by atoms with E-state index >= 15 is 0 Å². The first-order chi connectivity index (χ1) is 7.28. The van der Waals surface area contributed by atoms with Gasteiger partial charge in [0.25, 0.3) is 0 Å². The minimum atomic E-state index is -0.610. The number of rotatable bonds is 3. The second-order valence-electron chi connectivity index (χ2n) is 4.56. The Morgan fingerprint density at radius 2 is 2.25 bits per heavy atom. The molecule has 0 bridgehead atoms. The molecule has 0 radical (unpaired) electrons. The average molecular weight is 227 g/mol. The van der Waals surface area contributed by atoms with Gasteiger partial charge in [-0.05, 0) is 5.41 Å². The molecule has 0 spiro atoms.